The van der Waals surface area contributed by atoms with E-state index in [-0.39, 0.29) is 29.9 Å². The molecule has 2 aromatic carbocycles. The number of hydrogen-bond donors (Lipinski definition) is 0. The Bertz CT molecular complexity index is 1020. The molecule has 0 spiro atoms. The van der Waals surface area contributed by atoms with E-state index in [9.17, 15) is 14.0 Å². The number of anilines is 1. The monoisotopic (exact) mass is 456 g/mol. The zero-order valence-electron chi connectivity index (χ0n) is 18.3. The minimum absolute atomic E-state index is 0. The summed E-state index contributed by atoms with van der Waals surface area (Å²) in [6.45, 7) is 3.55. The fourth-order valence-corrected chi connectivity index (χ4v) is 5.43. The second-order valence-electron chi connectivity index (χ2n) is 9.25. The summed E-state index contributed by atoms with van der Waals surface area (Å²) in [7, 11) is 0. The Balaban J connectivity index is 0.00000245. The van der Waals surface area contributed by atoms with Crippen LogP contribution in [-0.4, -0.2) is 36.2 Å². The summed E-state index contributed by atoms with van der Waals surface area (Å²) in [5.74, 6) is 0.852. The molecule has 2 aromatic rings. The molecule has 0 N–H and O–H groups in total. The largest absolute Gasteiger partial charge is 0.312 e. The topological polar surface area (TPSA) is 40.6 Å². The van der Waals surface area contributed by atoms with E-state index >= 15 is 0 Å². The van der Waals surface area contributed by atoms with Crippen LogP contribution in [0.25, 0.3) is 0 Å². The molecule has 0 saturated carbocycles. The number of benzene rings is 2. The first-order chi connectivity index (χ1) is 15.1. The first-order valence-corrected chi connectivity index (χ1v) is 11.5. The molecule has 3 aliphatic rings. The zero-order chi connectivity index (χ0) is 21.4. The lowest BCUT2D eigenvalue weighted by Gasteiger charge is -2.32. The zero-order valence-corrected chi connectivity index (χ0v) is 19.1. The highest BCUT2D eigenvalue weighted by Gasteiger charge is 2.32. The van der Waals surface area contributed by atoms with Gasteiger partial charge in [0.2, 0.25) is 5.91 Å². The third kappa shape index (κ3) is 4.74. The van der Waals surface area contributed by atoms with E-state index in [2.05, 4.69) is 4.90 Å². The molecule has 0 bridgehead atoms. The third-order valence-electron chi connectivity index (χ3n) is 7.16. The Morgan fingerprint density at radius 1 is 1.00 bits per heavy atom. The predicted octanol–water partition coefficient (Wildman–Crippen LogP) is 4.96. The average Bonchev–Trinajstić information content (AvgIpc) is 3.21. The number of amides is 1. The van der Waals surface area contributed by atoms with E-state index in [0.29, 0.717) is 18.8 Å². The van der Waals surface area contributed by atoms with Crippen molar-refractivity contribution in [3.8, 4) is 0 Å². The van der Waals surface area contributed by atoms with Crippen LogP contribution in [0.3, 0.4) is 0 Å². The maximum Gasteiger partial charge on any atom is 0.227 e. The van der Waals surface area contributed by atoms with Gasteiger partial charge in [0.05, 0.1) is 5.69 Å². The van der Waals surface area contributed by atoms with E-state index in [1.807, 2.05) is 23.1 Å². The minimum Gasteiger partial charge on any atom is -0.312 e. The number of carbonyl (C=O) groups excluding carboxylic acids is 2. The fraction of sp³-hybridized carbons (Fsp3) is 0.462. The van der Waals surface area contributed by atoms with Gasteiger partial charge in [0.1, 0.15) is 5.82 Å². The van der Waals surface area contributed by atoms with Crippen LogP contribution in [0.5, 0.6) is 0 Å². The molecule has 4 nitrogen and oxygen atoms in total. The van der Waals surface area contributed by atoms with Gasteiger partial charge in [-0.2, -0.15) is 0 Å². The van der Waals surface area contributed by atoms with Crippen molar-refractivity contribution < 1.29 is 14.0 Å². The Hall–Kier alpha value is -2.24. The lowest BCUT2D eigenvalue weighted by Crippen LogP contribution is -2.33. The number of halogens is 2. The molecule has 0 atom stereocenters. The molecular weight excluding hydrogens is 427 g/mol. The first kappa shape index (κ1) is 22.9. The lowest BCUT2D eigenvalue weighted by atomic mass is 9.89. The second kappa shape index (κ2) is 9.72. The number of piperidine rings is 1. The van der Waals surface area contributed by atoms with Crippen molar-refractivity contribution in [2.24, 2.45) is 5.92 Å². The van der Waals surface area contributed by atoms with Gasteiger partial charge < -0.3 is 4.90 Å². The van der Waals surface area contributed by atoms with Crippen LogP contribution >= 0.6 is 12.4 Å². The van der Waals surface area contributed by atoms with Crippen LogP contribution < -0.4 is 4.90 Å². The molecule has 3 heterocycles. The van der Waals surface area contributed by atoms with Crippen molar-refractivity contribution in [3.63, 3.8) is 0 Å². The Morgan fingerprint density at radius 2 is 1.75 bits per heavy atom. The van der Waals surface area contributed by atoms with Crippen molar-refractivity contribution in [1.82, 2.24) is 4.90 Å². The Kier molecular flexibility index (Phi) is 6.96. The van der Waals surface area contributed by atoms with Crippen LogP contribution in [-0.2, 0) is 24.2 Å². The molecular formula is C26H30ClFN2O2. The SMILES string of the molecule is Cl.O=C(CCC1CCN(Cc2cccc(F)c2)CC1)c1cc2c3c(c1)CCN3C(=O)CC2. The van der Waals surface area contributed by atoms with Crippen LogP contribution in [0.2, 0.25) is 0 Å². The smallest absolute Gasteiger partial charge is 0.227 e. The number of Topliss-reactive ketones (excluding diaryl/α,β-unsaturated/α-hetero) is 1. The standard InChI is InChI=1S/C26H29FN2O2.ClH/c27-23-3-1-2-19(14-23)17-28-11-8-18(9-12-28)4-6-24(30)22-15-20-5-7-25(31)29-13-10-21(16-22)26(20)29;/h1-3,14-16,18H,4-13,17H2;1H. The van der Waals surface area contributed by atoms with Gasteiger partial charge in [-0.05, 0) is 92.1 Å². The number of likely N-dealkylation sites (tertiary alicyclic amines) is 1. The molecule has 170 valence electrons. The number of nitrogens with zero attached hydrogens (tertiary/aromatic N) is 2. The predicted molar refractivity (Wildman–Crippen MR) is 126 cm³/mol. The lowest BCUT2D eigenvalue weighted by molar-refractivity contribution is -0.118. The summed E-state index contributed by atoms with van der Waals surface area (Å²) in [6.07, 6.45) is 5.88. The van der Waals surface area contributed by atoms with Crippen molar-refractivity contribution in [3.05, 3.63) is 64.5 Å². The van der Waals surface area contributed by atoms with Gasteiger partial charge in [-0.15, -0.1) is 12.4 Å². The van der Waals surface area contributed by atoms with Gasteiger partial charge in [0, 0.05) is 31.5 Å². The van der Waals surface area contributed by atoms with Crippen LogP contribution in [0.4, 0.5) is 10.1 Å². The van der Waals surface area contributed by atoms with E-state index < -0.39 is 0 Å². The van der Waals surface area contributed by atoms with Gasteiger partial charge in [-0.25, -0.2) is 4.39 Å². The van der Waals surface area contributed by atoms with Crippen molar-refractivity contribution in [2.75, 3.05) is 24.5 Å². The minimum atomic E-state index is -0.175. The molecule has 0 aliphatic carbocycles. The van der Waals surface area contributed by atoms with E-state index in [1.54, 1.807) is 12.1 Å². The second-order valence-corrected chi connectivity index (χ2v) is 9.25. The van der Waals surface area contributed by atoms with Gasteiger partial charge >= 0.3 is 0 Å². The van der Waals surface area contributed by atoms with Gasteiger partial charge in [0.25, 0.3) is 0 Å². The van der Waals surface area contributed by atoms with Crippen molar-refractivity contribution in [1.29, 1.82) is 0 Å². The third-order valence-corrected chi connectivity index (χ3v) is 7.16. The summed E-state index contributed by atoms with van der Waals surface area (Å²) in [4.78, 5) is 29.3. The quantitative estimate of drug-likeness (QED) is 0.577. The highest BCUT2D eigenvalue weighted by atomic mass is 35.5. The number of hydrogen-bond acceptors (Lipinski definition) is 3. The van der Waals surface area contributed by atoms with Crippen LogP contribution in [0.1, 0.15) is 59.2 Å². The normalized spacial score (nSPS) is 18.4. The highest BCUT2D eigenvalue weighted by Crippen LogP contribution is 2.38. The molecule has 0 unspecified atom stereocenters. The number of ketones is 1. The number of rotatable bonds is 6. The summed E-state index contributed by atoms with van der Waals surface area (Å²) in [5, 5.41) is 0. The van der Waals surface area contributed by atoms with Gasteiger partial charge in [-0.1, -0.05) is 12.1 Å². The van der Waals surface area contributed by atoms with E-state index in [1.165, 1.54) is 17.2 Å². The molecule has 6 heteroatoms. The maximum atomic E-state index is 13.4. The fourth-order valence-electron chi connectivity index (χ4n) is 5.43. The summed E-state index contributed by atoms with van der Waals surface area (Å²) < 4.78 is 13.4. The Labute approximate surface area is 195 Å². The number of carbonyl (C=O) groups is 2. The van der Waals surface area contributed by atoms with Gasteiger partial charge in [-0.3, -0.25) is 14.5 Å². The van der Waals surface area contributed by atoms with E-state index in [4.69, 9.17) is 0 Å². The van der Waals surface area contributed by atoms with Crippen molar-refractivity contribution >= 4 is 29.8 Å². The summed E-state index contributed by atoms with van der Waals surface area (Å²) in [6, 6.07) is 10.9. The molecule has 0 radical (unpaired) electrons. The molecule has 1 saturated heterocycles. The molecule has 1 amide bonds. The Morgan fingerprint density at radius 3 is 2.50 bits per heavy atom. The van der Waals surface area contributed by atoms with Crippen LogP contribution in [0.15, 0.2) is 36.4 Å². The molecule has 1 fully saturated rings. The first-order valence-electron chi connectivity index (χ1n) is 11.5. The maximum absolute atomic E-state index is 13.4. The summed E-state index contributed by atoms with van der Waals surface area (Å²) >= 11 is 0. The molecule has 0 aromatic heterocycles. The highest BCUT2D eigenvalue weighted by molar-refractivity contribution is 6.02. The van der Waals surface area contributed by atoms with Crippen molar-refractivity contribution in [2.45, 2.75) is 51.5 Å². The summed E-state index contributed by atoms with van der Waals surface area (Å²) in [5.41, 5.74) is 5.27. The van der Waals surface area contributed by atoms with Crippen LogP contribution in [0, 0.1) is 11.7 Å². The van der Waals surface area contributed by atoms with Gasteiger partial charge in [0.15, 0.2) is 5.78 Å². The average molecular weight is 457 g/mol. The molecule has 3 aliphatic heterocycles. The van der Waals surface area contributed by atoms with E-state index in [0.717, 1.165) is 75.1 Å². The molecule has 32 heavy (non-hydrogen) atoms. The molecule has 5 rings (SSSR count). The number of aryl methyl sites for hydroxylation is 1.